The van der Waals surface area contributed by atoms with Gasteiger partial charge in [-0.2, -0.15) is 0 Å². The zero-order chi connectivity index (χ0) is 11.2. The summed E-state index contributed by atoms with van der Waals surface area (Å²) in [4.78, 5) is 0. The highest BCUT2D eigenvalue weighted by Gasteiger charge is 2.11. The van der Waals surface area contributed by atoms with Crippen LogP contribution in [-0.4, -0.2) is 19.2 Å². The van der Waals surface area contributed by atoms with Crippen molar-refractivity contribution in [3.8, 4) is 5.75 Å². The molecule has 0 aliphatic carbocycles. The van der Waals surface area contributed by atoms with Crippen LogP contribution in [0.2, 0.25) is 0 Å². The van der Waals surface area contributed by atoms with Crippen LogP contribution in [0.15, 0.2) is 28.7 Å². The van der Waals surface area contributed by atoms with Gasteiger partial charge in [-0.05, 0) is 50.1 Å². The predicted molar refractivity (Wildman–Crippen MR) is 77.1 cm³/mol. The molecule has 1 aromatic carbocycles. The maximum atomic E-state index is 5.70. The van der Waals surface area contributed by atoms with E-state index in [2.05, 4.69) is 21.2 Å². The van der Waals surface area contributed by atoms with E-state index in [-0.39, 0.29) is 12.4 Å². The van der Waals surface area contributed by atoms with E-state index in [1.54, 1.807) is 0 Å². The maximum Gasteiger partial charge on any atom is 0.119 e. The SMILES string of the molecule is Brc1ccc(OCCC2CCCCN2)cc1.Cl. The summed E-state index contributed by atoms with van der Waals surface area (Å²) in [6.07, 6.45) is 5.08. The molecule has 0 bridgehead atoms. The number of hydrogen-bond donors (Lipinski definition) is 1. The molecule has 1 unspecified atom stereocenters. The van der Waals surface area contributed by atoms with Gasteiger partial charge in [-0.15, -0.1) is 12.4 Å². The molecule has 1 aliphatic heterocycles. The van der Waals surface area contributed by atoms with Crippen LogP contribution in [0.5, 0.6) is 5.75 Å². The van der Waals surface area contributed by atoms with Gasteiger partial charge in [-0.1, -0.05) is 22.4 Å². The average Bonchev–Trinajstić information content (AvgIpc) is 2.33. The fraction of sp³-hybridized carbons (Fsp3) is 0.538. The van der Waals surface area contributed by atoms with E-state index < -0.39 is 0 Å². The molecular formula is C13H19BrClNO. The molecule has 1 aromatic rings. The van der Waals surface area contributed by atoms with Gasteiger partial charge in [-0.25, -0.2) is 0 Å². The Labute approximate surface area is 118 Å². The summed E-state index contributed by atoms with van der Waals surface area (Å²) in [5.74, 6) is 0.957. The molecule has 1 aliphatic rings. The third-order valence-electron chi connectivity index (χ3n) is 2.96. The van der Waals surface area contributed by atoms with Gasteiger partial charge in [0.15, 0.2) is 0 Å². The lowest BCUT2D eigenvalue weighted by Gasteiger charge is -2.23. The van der Waals surface area contributed by atoms with Gasteiger partial charge in [0.05, 0.1) is 6.61 Å². The van der Waals surface area contributed by atoms with Gasteiger partial charge in [-0.3, -0.25) is 0 Å². The zero-order valence-corrected chi connectivity index (χ0v) is 12.2. The van der Waals surface area contributed by atoms with Gasteiger partial charge >= 0.3 is 0 Å². The number of piperidine rings is 1. The third kappa shape index (κ3) is 5.28. The molecule has 1 atom stereocenters. The Hall–Kier alpha value is -0.250. The monoisotopic (exact) mass is 319 g/mol. The van der Waals surface area contributed by atoms with Crippen molar-refractivity contribution >= 4 is 28.3 Å². The highest BCUT2D eigenvalue weighted by atomic mass is 79.9. The zero-order valence-electron chi connectivity index (χ0n) is 9.82. The van der Waals surface area contributed by atoms with E-state index in [4.69, 9.17) is 4.74 Å². The first-order valence-corrected chi connectivity index (χ1v) is 6.75. The number of nitrogens with one attached hydrogen (secondary N) is 1. The third-order valence-corrected chi connectivity index (χ3v) is 3.49. The van der Waals surface area contributed by atoms with Crippen LogP contribution in [0.25, 0.3) is 0 Å². The summed E-state index contributed by atoms with van der Waals surface area (Å²) in [7, 11) is 0. The highest BCUT2D eigenvalue weighted by molar-refractivity contribution is 9.10. The quantitative estimate of drug-likeness (QED) is 0.911. The van der Waals surface area contributed by atoms with Gasteiger partial charge in [0.2, 0.25) is 0 Å². The summed E-state index contributed by atoms with van der Waals surface area (Å²) in [5.41, 5.74) is 0. The minimum atomic E-state index is 0. The van der Waals surface area contributed by atoms with Gasteiger partial charge in [0.1, 0.15) is 5.75 Å². The second-order valence-electron chi connectivity index (χ2n) is 4.24. The van der Waals surface area contributed by atoms with E-state index in [9.17, 15) is 0 Å². The first kappa shape index (κ1) is 14.8. The Morgan fingerprint density at radius 1 is 1.24 bits per heavy atom. The Morgan fingerprint density at radius 3 is 2.65 bits per heavy atom. The van der Waals surface area contributed by atoms with E-state index in [1.807, 2.05) is 24.3 Å². The summed E-state index contributed by atoms with van der Waals surface area (Å²) < 4.78 is 6.79. The lowest BCUT2D eigenvalue weighted by atomic mass is 10.0. The van der Waals surface area contributed by atoms with Crippen molar-refractivity contribution in [2.24, 2.45) is 0 Å². The summed E-state index contributed by atoms with van der Waals surface area (Å²) in [6, 6.07) is 8.67. The van der Waals surface area contributed by atoms with Crippen molar-refractivity contribution in [1.29, 1.82) is 0 Å². The number of hydrogen-bond acceptors (Lipinski definition) is 2. The molecule has 1 fully saturated rings. The van der Waals surface area contributed by atoms with Crippen molar-refractivity contribution in [2.45, 2.75) is 31.7 Å². The molecule has 0 amide bonds. The molecule has 1 saturated heterocycles. The van der Waals surface area contributed by atoms with Crippen molar-refractivity contribution in [2.75, 3.05) is 13.2 Å². The van der Waals surface area contributed by atoms with Crippen LogP contribution < -0.4 is 10.1 Å². The van der Waals surface area contributed by atoms with Gasteiger partial charge in [0, 0.05) is 10.5 Å². The molecule has 17 heavy (non-hydrogen) atoms. The van der Waals surface area contributed by atoms with Crippen LogP contribution in [0.3, 0.4) is 0 Å². The first-order chi connectivity index (χ1) is 7.84. The lowest BCUT2D eigenvalue weighted by molar-refractivity contribution is 0.268. The van der Waals surface area contributed by atoms with E-state index in [0.29, 0.717) is 6.04 Å². The summed E-state index contributed by atoms with van der Waals surface area (Å²) in [5, 5.41) is 3.53. The largest absolute Gasteiger partial charge is 0.494 e. The minimum Gasteiger partial charge on any atom is -0.494 e. The molecule has 96 valence electrons. The topological polar surface area (TPSA) is 21.3 Å². The van der Waals surface area contributed by atoms with Crippen LogP contribution in [-0.2, 0) is 0 Å². The number of benzene rings is 1. The molecular weight excluding hydrogens is 302 g/mol. The van der Waals surface area contributed by atoms with E-state index >= 15 is 0 Å². The molecule has 0 spiro atoms. The standard InChI is InChI=1S/C13H18BrNO.ClH/c14-11-4-6-13(7-5-11)16-10-8-12-3-1-2-9-15-12;/h4-7,12,15H,1-3,8-10H2;1H. The number of rotatable bonds is 4. The van der Waals surface area contributed by atoms with Crippen LogP contribution in [0, 0.1) is 0 Å². The van der Waals surface area contributed by atoms with Crippen molar-refractivity contribution in [1.82, 2.24) is 5.32 Å². The Morgan fingerprint density at radius 2 is 2.00 bits per heavy atom. The maximum absolute atomic E-state index is 5.70. The van der Waals surface area contributed by atoms with Gasteiger partial charge in [0.25, 0.3) is 0 Å². The minimum absolute atomic E-state index is 0. The molecule has 0 radical (unpaired) electrons. The number of halogens is 2. The fourth-order valence-electron chi connectivity index (χ4n) is 2.02. The fourth-order valence-corrected chi connectivity index (χ4v) is 2.28. The molecule has 1 heterocycles. The molecule has 2 rings (SSSR count). The smallest absolute Gasteiger partial charge is 0.119 e. The highest BCUT2D eigenvalue weighted by Crippen LogP contribution is 2.17. The van der Waals surface area contributed by atoms with Crippen LogP contribution in [0.1, 0.15) is 25.7 Å². The molecule has 0 aromatic heterocycles. The number of ether oxygens (including phenoxy) is 1. The predicted octanol–water partition coefficient (Wildman–Crippen LogP) is 3.78. The lowest BCUT2D eigenvalue weighted by Crippen LogP contribution is -2.35. The first-order valence-electron chi connectivity index (χ1n) is 5.96. The van der Waals surface area contributed by atoms with E-state index in [1.165, 1.54) is 25.8 Å². The second kappa shape index (κ2) is 7.96. The molecule has 1 N–H and O–H groups in total. The normalized spacial score (nSPS) is 19.5. The Bertz CT molecular complexity index is 312. The van der Waals surface area contributed by atoms with Crippen LogP contribution >= 0.6 is 28.3 Å². The van der Waals surface area contributed by atoms with E-state index in [0.717, 1.165) is 23.2 Å². The van der Waals surface area contributed by atoms with Gasteiger partial charge < -0.3 is 10.1 Å². The molecule has 2 nitrogen and oxygen atoms in total. The molecule has 0 saturated carbocycles. The molecule has 4 heteroatoms. The average molecular weight is 321 g/mol. The Kier molecular flexibility index (Phi) is 6.93. The second-order valence-corrected chi connectivity index (χ2v) is 5.15. The summed E-state index contributed by atoms with van der Waals surface area (Å²) in [6.45, 7) is 1.97. The van der Waals surface area contributed by atoms with Crippen molar-refractivity contribution in [3.63, 3.8) is 0 Å². The van der Waals surface area contributed by atoms with Crippen molar-refractivity contribution in [3.05, 3.63) is 28.7 Å². The Balaban J connectivity index is 0.00000144. The summed E-state index contributed by atoms with van der Waals surface area (Å²) >= 11 is 3.41. The van der Waals surface area contributed by atoms with Crippen molar-refractivity contribution < 1.29 is 4.74 Å². The van der Waals surface area contributed by atoms with Crippen LogP contribution in [0.4, 0.5) is 0 Å².